The molecule has 0 aliphatic carbocycles. The summed E-state index contributed by atoms with van der Waals surface area (Å²) >= 11 is 0. The van der Waals surface area contributed by atoms with Gasteiger partial charge in [-0.05, 0) is 12.8 Å². The van der Waals surface area contributed by atoms with E-state index in [1.165, 1.54) is 0 Å². The molecule has 6 heteroatoms. The van der Waals surface area contributed by atoms with Gasteiger partial charge in [0.15, 0.2) is 5.82 Å². The lowest BCUT2D eigenvalue weighted by Gasteiger charge is -2.25. The second-order valence-corrected chi connectivity index (χ2v) is 4.69. The molecule has 0 saturated carbocycles. The standard InChI is InChI=1S/C11H17N3O3/c12-9-2-4-16-6-8(9)11-13-10(14-17-11)7-1-3-15-5-7/h7-9H,1-6,12H2. The molecule has 6 nitrogen and oxygen atoms in total. The number of rotatable bonds is 2. The molecular weight excluding hydrogens is 222 g/mol. The van der Waals surface area contributed by atoms with Crippen molar-refractivity contribution in [2.24, 2.45) is 5.73 Å². The van der Waals surface area contributed by atoms with Crippen LogP contribution >= 0.6 is 0 Å². The zero-order chi connectivity index (χ0) is 11.7. The molecule has 2 aliphatic rings. The van der Waals surface area contributed by atoms with Crippen LogP contribution in [-0.2, 0) is 9.47 Å². The molecule has 0 bridgehead atoms. The van der Waals surface area contributed by atoms with Gasteiger partial charge in [-0.25, -0.2) is 0 Å². The van der Waals surface area contributed by atoms with E-state index in [1.54, 1.807) is 0 Å². The van der Waals surface area contributed by atoms with Crippen LogP contribution in [0.3, 0.4) is 0 Å². The first-order valence-corrected chi connectivity index (χ1v) is 6.09. The minimum atomic E-state index is 0.0346. The van der Waals surface area contributed by atoms with Crippen LogP contribution in [0.1, 0.15) is 36.4 Å². The number of hydrogen-bond donors (Lipinski definition) is 1. The van der Waals surface area contributed by atoms with Crippen molar-refractivity contribution in [2.45, 2.75) is 30.7 Å². The average molecular weight is 239 g/mol. The van der Waals surface area contributed by atoms with E-state index in [0.717, 1.165) is 31.9 Å². The Morgan fingerprint density at radius 1 is 1.12 bits per heavy atom. The van der Waals surface area contributed by atoms with Gasteiger partial charge in [-0.15, -0.1) is 0 Å². The third-order valence-corrected chi connectivity index (χ3v) is 3.48. The summed E-state index contributed by atoms with van der Waals surface area (Å²) in [5.74, 6) is 1.66. The second-order valence-electron chi connectivity index (χ2n) is 4.69. The maximum atomic E-state index is 6.04. The van der Waals surface area contributed by atoms with Crippen LogP contribution in [0.5, 0.6) is 0 Å². The monoisotopic (exact) mass is 239 g/mol. The summed E-state index contributed by atoms with van der Waals surface area (Å²) in [7, 11) is 0. The summed E-state index contributed by atoms with van der Waals surface area (Å²) in [4.78, 5) is 4.45. The van der Waals surface area contributed by atoms with Gasteiger partial charge in [-0.3, -0.25) is 0 Å². The number of nitrogens with two attached hydrogens (primary N) is 1. The van der Waals surface area contributed by atoms with E-state index in [0.29, 0.717) is 19.1 Å². The van der Waals surface area contributed by atoms with Gasteiger partial charge in [0.2, 0.25) is 5.89 Å². The highest BCUT2D eigenvalue weighted by Crippen LogP contribution is 2.27. The Bertz CT molecular complexity index is 376. The Labute approximate surface area is 99.5 Å². The lowest BCUT2D eigenvalue weighted by molar-refractivity contribution is 0.0590. The van der Waals surface area contributed by atoms with Gasteiger partial charge in [-0.1, -0.05) is 5.16 Å². The van der Waals surface area contributed by atoms with Crippen molar-refractivity contribution in [3.8, 4) is 0 Å². The number of nitrogens with zero attached hydrogens (tertiary/aromatic N) is 2. The van der Waals surface area contributed by atoms with Gasteiger partial charge in [0.25, 0.3) is 0 Å². The average Bonchev–Trinajstić information content (AvgIpc) is 3.00. The highest BCUT2D eigenvalue weighted by Gasteiger charge is 2.31. The zero-order valence-electron chi connectivity index (χ0n) is 9.67. The molecule has 2 aliphatic heterocycles. The first kappa shape index (κ1) is 11.1. The molecule has 0 radical (unpaired) electrons. The van der Waals surface area contributed by atoms with Crippen LogP contribution in [0.25, 0.3) is 0 Å². The molecule has 0 amide bonds. The summed E-state index contributed by atoms with van der Waals surface area (Å²) in [5.41, 5.74) is 6.04. The quantitative estimate of drug-likeness (QED) is 0.804. The fourth-order valence-corrected chi connectivity index (χ4v) is 2.31. The van der Waals surface area contributed by atoms with Crippen LogP contribution in [0.2, 0.25) is 0 Å². The first-order valence-electron chi connectivity index (χ1n) is 6.09. The van der Waals surface area contributed by atoms with E-state index in [2.05, 4.69) is 10.1 Å². The smallest absolute Gasteiger partial charge is 0.233 e. The van der Waals surface area contributed by atoms with Crippen LogP contribution < -0.4 is 5.73 Å². The van der Waals surface area contributed by atoms with Crippen molar-refractivity contribution >= 4 is 0 Å². The van der Waals surface area contributed by atoms with Crippen LogP contribution in [0.4, 0.5) is 0 Å². The molecule has 2 N–H and O–H groups in total. The highest BCUT2D eigenvalue weighted by molar-refractivity contribution is 5.04. The normalized spacial score (nSPS) is 34.1. The minimum absolute atomic E-state index is 0.0346. The Hall–Kier alpha value is -0.980. The third kappa shape index (κ3) is 2.20. The summed E-state index contributed by atoms with van der Waals surface area (Å²) in [6, 6.07) is 0.0527. The number of hydrogen-bond acceptors (Lipinski definition) is 6. The molecule has 1 aromatic rings. The third-order valence-electron chi connectivity index (χ3n) is 3.48. The van der Waals surface area contributed by atoms with Crippen molar-refractivity contribution in [3.63, 3.8) is 0 Å². The Morgan fingerprint density at radius 2 is 1.94 bits per heavy atom. The molecule has 0 spiro atoms. The summed E-state index contributed by atoms with van der Waals surface area (Å²) in [6.07, 6.45) is 1.81. The van der Waals surface area contributed by atoms with E-state index in [1.807, 2.05) is 0 Å². The molecular formula is C11H17N3O3. The molecule has 3 heterocycles. The van der Waals surface area contributed by atoms with E-state index in [4.69, 9.17) is 19.7 Å². The molecule has 2 saturated heterocycles. The fraction of sp³-hybridized carbons (Fsp3) is 0.818. The maximum Gasteiger partial charge on any atom is 0.233 e. The van der Waals surface area contributed by atoms with Gasteiger partial charge < -0.3 is 19.7 Å². The topological polar surface area (TPSA) is 83.4 Å². The molecule has 1 aromatic heterocycles. The largest absolute Gasteiger partial charge is 0.381 e. The SMILES string of the molecule is NC1CCOCC1c1nc(C2CCOC2)no1. The van der Waals surface area contributed by atoms with Crippen molar-refractivity contribution in [2.75, 3.05) is 26.4 Å². The van der Waals surface area contributed by atoms with E-state index in [-0.39, 0.29) is 17.9 Å². The molecule has 2 fully saturated rings. The Balaban J connectivity index is 1.74. The molecule has 3 rings (SSSR count). The van der Waals surface area contributed by atoms with E-state index in [9.17, 15) is 0 Å². The van der Waals surface area contributed by atoms with Crippen molar-refractivity contribution in [1.82, 2.24) is 10.1 Å². The zero-order valence-corrected chi connectivity index (χ0v) is 9.67. The van der Waals surface area contributed by atoms with Crippen LogP contribution in [0, 0.1) is 0 Å². The number of ether oxygens (including phenoxy) is 2. The van der Waals surface area contributed by atoms with E-state index < -0.39 is 0 Å². The van der Waals surface area contributed by atoms with Gasteiger partial charge in [0.1, 0.15) is 0 Å². The fourth-order valence-electron chi connectivity index (χ4n) is 2.31. The first-order chi connectivity index (χ1) is 8.34. The van der Waals surface area contributed by atoms with E-state index >= 15 is 0 Å². The van der Waals surface area contributed by atoms with Gasteiger partial charge in [-0.2, -0.15) is 4.98 Å². The van der Waals surface area contributed by atoms with Crippen LogP contribution in [0.15, 0.2) is 4.52 Å². The summed E-state index contributed by atoms with van der Waals surface area (Å²) < 4.78 is 16.0. The molecule has 3 atom stereocenters. The lowest BCUT2D eigenvalue weighted by atomic mass is 9.96. The Morgan fingerprint density at radius 3 is 2.71 bits per heavy atom. The van der Waals surface area contributed by atoms with Gasteiger partial charge in [0, 0.05) is 25.2 Å². The molecule has 0 aromatic carbocycles. The highest BCUT2D eigenvalue weighted by atomic mass is 16.5. The molecule has 17 heavy (non-hydrogen) atoms. The van der Waals surface area contributed by atoms with Crippen molar-refractivity contribution < 1.29 is 14.0 Å². The van der Waals surface area contributed by atoms with Crippen LogP contribution in [-0.4, -0.2) is 42.6 Å². The van der Waals surface area contributed by atoms with Crippen molar-refractivity contribution in [1.29, 1.82) is 0 Å². The minimum Gasteiger partial charge on any atom is -0.381 e. The second kappa shape index (κ2) is 4.72. The summed E-state index contributed by atoms with van der Waals surface area (Å²) in [6.45, 7) is 2.76. The number of aromatic nitrogens is 2. The predicted octanol–water partition coefficient (Wildman–Crippen LogP) is 0.405. The maximum absolute atomic E-state index is 6.04. The van der Waals surface area contributed by atoms with Gasteiger partial charge >= 0.3 is 0 Å². The lowest BCUT2D eigenvalue weighted by Crippen LogP contribution is -2.37. The Kier molecular flexibility index (Phi) is 3.09. The molecule has 3 unspecified atom stereocenters. The predicted molar refractivity (Wildman–Crippen MR) is 58.6 cm³/mol. The summed E-state index contributed by atoms with van der Waals surface area (Å²) in [5, 5.41) is 4.03. The molecule has 94 valence electrons. The van der Waals surface area contributed by atoms with Gasteiger partial charge in [0.05, 0.1) is 19.1 Å². The van der Waals surface area contributed by atoms with Crippen molar-refractivity contribution in [3.05, 3.63) is 11.7 Å².